The Labute approximate surface area is 203 Å². The monoisotopic (exact) mass is 479 g/mol. The summed E-state index contributed by atoms with van der Waals surface area (Å²) in [4.78, 5) is 11.2. The molecule has 0 saturated heterocycles. The normalized spacial score (nSPS) is 18.7. The number of halogens is 2. The predicted molar refractivity (Wildman–Crippen MR) is 133 cm³/mol. The van der Waals surface area contributed by atoms with Gasteiger partial charge in [0, 0.05) is 28.6 Å². The molecule has 0 unspecified atom stereocenters. The molecule has 5 nitrogen and oxygen atoms in total. The van der Waals surface area contributed by atoms with Gasteiger partial charge in [0.25, 0.3) is 0 Å². The van der Waals surface area contributed by atoms with Gasteiger partial charge in [-0.1, -0.05) is 13.8 Å². The number of carboxylic acids is 1. The van der Waals surface area contributed by atoms with E-state index in [4.69, 9.17) is 0 Å². The maximum atomic E-state index is 16.2. The molecule has 1 fully saturated rings. The van der Waals surface area contributed by atoms with Crippen LogP contribution in [0.1, 0.15) is 80.3 Å². The van der Waals surface area contributed by atoms with Gasteiger partial charge in [-0.25, -0.2) is 8.78 Å². The summed E-state index contributed by atoms with van der Waals surface area (Å²) in [7, 11) is 0. The van der Waals surface area contributed by atoms with Gasteiger partial charge < -0.3 is 9.67 Å². The Bertz CT molecular complexity index is 1440. The second-order valence-corrected chi connectivity index (χ2v) is 10.4. The van der Waals surface area contributed by atoms with Gasteiger partial charge in [0.15, 0.2) is 5.82 Å². The van der Waals surface area contributed by atoms with Crippen molar-refractivity contribution in [2.45, 2.75) is 71.6 Å². The Morgan fingerprint density at radius 1 is 1.17 bits per heavy atom. The zero-order chi connectivity index (χ0) is 25.0. The van der Waals surface area contributed by atoms with Crippen molar-refractivity contribution < 1.29 is 18.7 Å². The first kappa shape index (κ1) is 23.5. The molecule has 35 heavy (non-hydrogen) atoms. The summed E-state index contributed by atoms with van der Waals surface area (Å²) in [5.41, 5.74) is 5.27. The molecule has 184 valence electrons. The fourth-order valence-corrected chi connectivity index (χ4v) is 5.97. The van der Waals surface area contributed by atoms with Gasteiger partial charge in [0.1, 0.15) is 11.3 Å². The molecule has 1 saturated carbocycles. The van der Waals surface area contributed by atoms with Crippen LogP contribution in [0.15, 0.2) is 24.3 Å². The molecule has 2 aromatic heterocycles. The van der Waals surface area contributed by atoms with E-state index in [1.54, 1.807) is 13.0 Å². The smallest absolute Gasteiger partial charge is 0.303 e. The zero-order valence-electron chi connectivity index (χ0n) is 20.6. The lowest BCUT2D eigenvalue weighted by molar-refractivity contribution is -0.138. The number of aromatic amines is 1. The van der Waals surface area contributed by atoms with E-state index in [0.717, 1.165) is 59.2 Å². The molecule has 2 heterocycles. The number of rotatable bonds is 5. The first-order valence-corrected chi connectivity index (χ1v) is 12.4. The highest BCUT2D eigenvalue weighted by Crippen LogP contribution is 2.47. The predicted octanol–water partition coefficient (Wildman–Crippen LogP) is 7.27. The Morgan fingerprint density at radius 3 is 2.51 bits per heavy atom. The largest absolute Gasteiger partial charge is 0.481 e. The van der Waals surface area contributed by atoms with E-state index >= 15 is 4.39 Å². The number of hydrogen-bond donors (Lipinski definition) is 2. The molecular weight excluding hydrogens is 448 g/mol. The Morgan fingerprint density at radius 2 is 1.89 bits per heavy atom. The highest BCUT2D eigenvalue weighted by molar-refractivity contribution is 6.00. The second-order valence-electron chi connectivity index (χ2n) is 10.4. The summed E-state index contributed by atoms with van der Waals surface area (Å²) >= 11 is 0. The van der Waals surface area contributed by atoms with Crippen LogP contribution in [0.4, 0.5) is 8.78 Å². The van der Waals surface area contributed by atoms with Crippen molar-refractivity contribution in [1.82, 2.24) is 14.8 Å². The first-order chi connectivity index (χ1) is 16.7. The lowest BCUT2D eigenvalue weighted by Crippen LogP contribution is -2.17. The molecule has 1 aliphatic carbocycles. The number of fused-ring (bicyclic) bond motifs is 2. The zero-order valence-corrected chi connectivity index (χ0v) is 20.6. The lowest BCUT2D eigenvalue weighted by atomic mass is 9.76. The third-order valence-corrected chi connectivity index (χ3v) is 7.66. The van der Waals surface area contributed by atoms with E-state index in [1.165, 1.54) is 6.07 Å². The van der Waals surface area contributed by atoms with Crippen LogP contribution in [-0.2, 0) is 4.79 Å². The van der Waals surface area contributed by atoms with Crippen LogP contribution >= 0.6 is 0 Å². The van der Waals surface area contributed by atoms with Gasteiger partial charge in [-0.15, -0.1) is 0 Å². The molecule has 7 heteroatoms. The number of hydrogen-bond acceptors (Lipinski definition) is 2. The summed E-state index contributed by atoms with van der Waals surface area (Å²) < 4.78 is 32.5. The molecule has 0 amide bonds. The number of carboxylic acid groups (broad SMARTS) is 1. The average Bonchev–Trinajstić information content (AvgIpc) is 3.35. The van der Waals surface area contributed by atoms with Gasteiger partial charge in [0.2, 0.25) is 0 Å². The van der Waals surface area contributed by atoms with Gasteiger partial charge in [0.05, 0.1) is 11.2 Å². The first-order valence-electron chi connectivity index (χ1n) is 12.4. The van der Waals surface area contributed by atoms with Crippen LogP contribution in [0.3, 0.4) is 0 Å². The van der Waals surface area contributed by atoms with Gasteiger partial charge >= 0.3 is 5.97 Å². The van der Waals surface area contributed by atoms with E-state index in [-0.39, 0.29) is 35.8 Å². The van der Waals surface area contributed by atoms with Gasteiger partial charge in [-0.3, -0.25) is 9.89 Å². The molecule has 2 aromatic carbocycles. The number of H-pyrrole nitrogens is 1. The summed E-state index contributed by atoms with van der Waals surface area (Å²) in [6, 6.07) is 7.04. The molecule has 0 radical (unpaired) electrons. The summed E-state index contributed by atoms with van der Waals surface area (Å²) in [5.74, 6) is -0.961. The van der Waals surface area contributed by atoms with Crippen LogP contribution in [-0.4, -0.2) is 25.8 Å². The summed E-state index contributed by atoms with van der Waals surface area (Å²) in [6.45, 7) is 7.81. The molecule has 0 atom stereocenters. The molecule has 0 spiro atoms. The van der Waals surface area contributed by atoms with Crippen molar-refractivity contribution in [3.8, 4) is 5.69 Å². The maximum Gasteiger partial charge on any atom is 0.303 e. The number of nitrogens with one attached hydrogen (secondary N) is 1. The van der Waals surface area contributed by atoms with Gasteiger partial charge in [-0.2, -0.15) is 5.10 Å². The molecule has 2 N–H and O–H groups in total. The molecule has 5 rings (SSSR count). The molecule has 0 aliphatic heterocycles. The molecular formula is C28H31F2N3O2. The maximum absolute atomic E-state index is 16.2. The van der Waals surface area contributed by atoms with Crippen LogP contribution in [0.5, 0.6) is 0 Å². The SMILES string of the molecule is Cc1cc(-n2c(C(C)C)c(C3CCC(CC(=O)O)CC3)c3c(F)c4[nH]nc(C)c4cc32)ccc1F. The third kappa shape index (κ3) is 3.91. The molecule has 4 aromatic rings. The molecule has 1 aliphatic rings. The van der Waals surface area contributed by atoms with E-state index in [9.17, 15) is 14.3 Å². The fourth-order valence-electron chi connectivity index (χ4n) is 5.97. The van der Waals surface area contributed by atoms with E-state index < -0.39 is 5.97 Å². The number of carbonyl (C=O) groups is 1. The average molecular weight is 480 g/mol. The van der Waals surface area contributed by atoms with Crippen molar-refractivity contribution >= 4 is 27.8 Å². The quantitative estimate of drug-likeness (QED) is 0.316. The van der Waals surface area contributed by atoms with E-state index in [2.05, 4.69) is 28.6 Å². The minimum absolute atomic E-state index is 0.0940. The van der Waals surface area contributed by atoms with Crippen molar-refractivity contribution in [1.29, 1.82) is 0 Å². The lowest BCUT2D eigenvalue weighted by Gasteiger charge is -2.29. The molecule has 0 bridgehead atoms. The Balaban J connectivity index is 1.79. The topological polar surface area (TPSA) is 70.9 Å². The number of aryl methyl sites for hydroxylation is 2. The number of nitrogens with zero attached hydrogens (tertiary/aromatic N) is 2. The van der Waals surface area contributed by atoms with Gasteiger partial charge in [-0.05, 0) is 92.7 Å². The Hall–Kier alpha value is -3.22. The minimum atomic E-state index is -0.761. The fraction of sp³-hybridized carbons (Fsp3) is 0.429. The van der Waals surface area contributed by atoms with Crippen molar-refractivity contribution in [3.63, 3.8) is 0 Å². The summed E-state index contributed by atoms with van der Waals surface area (Å²) in [5, 5.41) is 17.7. The van der Waals surface area contributed by atoms with Crippen LogP contribution in [0, 0.1) is 31.4 Å². The Kier molecular flexibility index (Phi) is 5.90. The minimum Gasteiger partial charge on any atom is -0.481 e. The highest BCUT2D eigenvalue weighted by Gasteiger charge is 2.33. The van der Waals surface area contributed by atoms with Crippen LogP contribution < -0.4 is 0 Å². The van der Waals surface area contributed by atoms with Crippen molar-refractivity contribution in [2.75, 3.05) is 0 Å². The third-order valence-electron chi connectivity index (χ3n) is 7.66. The summed E-state index contributed by atoms with van der Waals surface area (Å²) in [6.07, 6.45) is 3.44. The standard InChI is InChI=1S/C28H31F2N3O2/c1-14(2)28-24(18-7-5-17(6-8-18)12-23(34)35)25-22(13-20-16(4)31-32-27(20)26(25)30)33(28)19-9-10-21(29)15(3)11-19/h9-11,13-14,17-18H,5-8,12H2,1-4H3,(H,31,32)(H,34,35). The van der Waals surface area contributed by atoms with Crippen LogP contribution in [0.25, 0.3) is 27.5 Å². The number of aliphatic carboxylic acids is 1. The second kappa shape index (κ2) is 8.77. The van der Waals surface area contributed by atoms with Crippen molar-refractivity contribution in [3.05, 3.63) is 58.4 Å². The number of benzene rings is 2. The van der Waals surface area contributed by atoms with Crippen molar-refractivity contribution in [2.24, 2.45) is 5.92 Å². The van der Waals surface area contributed by atoms with E-state index in [1.807, 2.05) is 19.1 Å². The van der Waals surface area contributed by atoms with E-state index in [0.29, 0.717) is 16.5 Å². The van der Waals surface area contributed by atoms with Crippen LogP contribution in [0.2, 0.25) is 0 Å². The highest BCUT2D eigenvalue weighted by atomic mass is 19.1. The number of aromatic nitrogens is 3.